The first-order chi connectivity index (χ1) is 12.4. The smallest absolute Gasteiger partial charge is 0.218 e. The molecule has 130 valence electrons. The van der Waals surface area contributed by atoms with Gasteiger partial charge < -0.3 is 10.2 Å². The fourth-order valence-corrected chi connectivity index (χ4v) is 3.30. The number of rotatable bonds is 2. The molecule has 1 aliphatic carbocycles. The van der Waals surface area contributed by atoms with Crippen LogP contribution in [0.1, 0.15) is 37.5 Å². The third-order valence-corrected chi connectivity index (χ3v) is 4.68. The molecule has 0 saturated carbocycles. The topological polar surface area (TPSA) is 92.4 Å². The number of aromatic hydroxyl groups is 2. The first kappa shape index (κ1) is 16.5. The summed E-state index contributed by atoms with van der Waals surface area (Å²) in [7, 11) is 0. The van der Waals surface area contributed by atoms with Gasteiger partial charge in [0, 0.05) is 0 Å². The summed E-state index contributed by atoms with van der Waals surface area (Å²) in [6.07, 6.45) is 0. The molecule has 26 heavy (non-hydrogen) atoms. The number of hydrogen-bond donors (Lipinski definition) is 2. The molecule has 1 aromatic carbocycles. The Morgan fingerprint density at radius 3 is 2.23 bits per heavy atom. The van der Waals surface area contributed by atoms with Gasteiger partial charge in [-0.05, 0) is 45.8 Å². The SMILES string of the molecule is O=C1c2ccc(Br)nc2C(=O)c2c1c(O)n(Cc1ccc(F)cc1)c2O. The Kier molecular flexibility index (Phi) is 3.66. The molecule has 1 aliphatic rings. The van der Waals surface area contributed by atoms with Crippen molar-refractivity contribution in [3.63, 3.8) is 0 Å². The maximum Gasteiger partial charge on any atom is 0.218 e. The van der Waals surface area contributed by atoms with E-state index in [0.717, 1.165) is 4.57 Å². The Bertz CT molecular complexity index is 1090. The highest BCUT2D eigenvalue weighted by atomic mass is 79.9. The average molecular weight is 417 g/mol. The molecule has 0 unspecified atom stereocenters. The molecule has 0 bridgehead atoms. The molecule has 0 radical (unpaired) electrons. The molecule has 0 fully saturated rings. The molecule has 2 N–H and O–H groups in total. The predicted octanol–water partition coefficient (Wildman–Crippen LogP) is 3.02. The Balaban J connectivity index is 1.87. The zero-order valence-electron chi connectivity index (χ0n) is 13.0. The van der Waals surface area contributed by atoms with Crippen molar-refractivity contribution in [1.82, 2.24) is 9.55 Å². The summed E-state index contributed by atoms with van der Waals surface area (Å²) in [5.74, 6) is -2.73. The average Bonchev–Trinajstić information content (AvgIpc) is 2.86. The number of ketones is 2. The summed E-state index contributed by atoms with van der Waals surface area (Å²) in [6, 6.07) is 8.38. The molecule has 8 heteroatoms. The minimum Gasteiger partial charge on any atom is -0.494 e. The molecule has 4 rings (SSSR count). The minimum absolute atomic E-state index is 0.0427. The van der Waals surface area contributed by atoms with Crippen LogP contribution in [0.2, 0.25) is 0 Å². The molecular weight excluding hydrogens is 407 g/mol. The lowest BCUT2D eigenvalue weighted by atomic mass is 9.89. The zero-order chi connectivity index (χ0) is 18.6. The van der Waals surface area contributed by atoms with Crippen LogP contribution in [0.4, 0.5) is 4.39 Å². The quantitative estimate of drug-likeness (QED) is 0.490. The highest BCUT2D eigenvalue weighted by molar-refractivity contribution is 9.10. The van der Waals surface area contributed by atoms with Crippen molar-refractivity contribution < 1.29 is 24.2 Å². The predicted molar refractivity (Wildman–Crippen MR) is 92.1 cm³/mol. The Labute approximate surface area is 154 Å². The lowest BCUT2D eigenvalue weighted by Crippen LogP contribution is -2.21. The van der Waals surface area contributed by atoms with Crippen LogP contribution < -0.4 is 0 Å². The number of benzene rings is 1. The van der Waals surface area contributed by atoms with Gasteiger partial charge in [-0.15, -0.1) is 0 Å². The van der Waals surface area contributed by atoms with Crippen molar-refractivity contribution in [1.29, 1.82) is 0 Å². The molecule has 0 aliphatic heterocycles. The number of pyridine rings is 1. The van der Waals surface area contributed by atoms with E-state index in [9.17, 15) is 24.2 Å². The van der Waals surface area contributed by atoms with E-state index >= 15 is 0 Å². The number of aromatic nitrogens is 2. The van der Waals surface area contributed by atoms with Gasteiger partial charge in [0.25, 0.3) is 0 Å². The van der Waals surface area contributed by atoms with E-state index in [1.807, 2.05) is 0 Å². The van der Waals surface area contributed by atoms with Gasteiger partial charge in [-0.25, -0.2) is 9.37 Å². The van der Waals surface area contributed by atoms with E-state index in [-0.39, 0.29) is 28.9 Å². The fourth-order valence-electron chi connectivity index (χ4n) is 2.99. The van der Waals surface area contributed by atoms with Crippen LogP contribution >= 0.6 is 15.9 Å². The summed E-state index contributed by atoms with van der Waals surface area (Å²) < 4.78 is 14.5. The van der Waals surface area contributed by atoms with Crippen LogP contribution in [0.25, 0.3) is 0 Å². The third kappa shape index (κ3) is 2.33. The van der Waals surface area contributed by atoms with Gasteiger partial charge in [0.15, 0.2) is 0 Å². The summed E-state index contributed by atoms with van der Waals surface area (Å²) in [5, 5.41) is 20.9. The van der Waals surface area contributed by atoms with Crippen molar-refractivity contribution in [2.45, 2.75) is 6.54 Å². The number of nitrogens with zero attached hydrogens (tertiary/aromatic N) is 2. The second kappa shape index (κ2) is 5.77. The van der Waals surface area contributed by atoms with Crippen LogP contribution in [0.3, 0.4) is 0 Å². The largest absolute Gasteiger partial charge is 0.494 e. The number of carbonyl (C=O) groups excluding carboxylic acids is 2. The summed E-state index contributed by atoms with van der Waals surface area (Å²) in [6.45, 7) is -0.0427. The van der Waals surface area contributed by atoms with E-state index in [2.05, 4.69) is 20.9 Å². The second-order valence-corrected chi connectivity index (χ2v) is 6.61. The number of fused-ring (bicyclic) bond motifs is 2. The van der Waals surface area contributed by atoms with Gasteiger partial charge in [-0.1, -0.05) is 12.1 Å². The van der Waals surface area contributed by atoms with E-state index in [1.54, 1.807) is 0 Å². The standard InChI is InChI=1S/C18H10BrFN2O4/c19-11-6-5-10-14(21-11)16(24)13-12(15(10)23)17(25)22(18(13)26)7-8-1-3-9(20)4-2-8/h1-6,25-26H,7H2. The van der Waals surface area contributed by atoms with E-state index in [4.69, 9.17) is 0 Å². The van der Waals surface area contributed by atoms with E-state index in [1.165, 1.54) is 36.4 Å². The Morgan fingerprint density at radius 1 is 0.962 bits per heavy atom. The lowest BCUT2D eigenvalue weighted by Gasteiger charge is -2.13. The maximum absolute atomic E-state index is 13.1. The first-order valence-electron chi connectivity index (χ1n) is 7.53. The van der Waals surface area contributed by atoms with Crippen LogP contribution in [-0.4, -0.2) is 31.3 Å². The van der Waals surface area contributed by atoms with Gasteiger partial charge in [0.1, 0.15) is 21.7 Å². The van der Waals surface area contributed by atoms with Crippen molar-refractivity contribution in [2.24, 2.45) is 0 Å². The van der Waals surface area contributed by atoms with Crippen molar-refractivity contribution in [3.05, 3.63) is 74.8 Å². The normalized spacial score (nSPS) is 12.8. The van der Waals surface area contributed by atoms with Crippen molar-refractivity contribution in [2.75, 3.05) is 0 Å². The first-order valence-corrected chi connectivity index (χ1v) is 8.32. The molecule has 0 atom stereocenters. The number of hydrogen-bond acceptors (Lipinski definition) is 5. The van der Waals surface area contributed by atoms with Crippen LogP contribution in [0, 0.1) is 5.82 Å². The van der Waals surface area contributed by atoms with Gasteiger partial charge in [-0.3, -0.25) is 14.2 Å². The highest BCUT2D eigenvalue weighted by Gasteiger charge is 2.39. The van der Waals surface area contributed by atoms with Crippen molar-refractivity contribution in [3.8, 4) is 11.8 Å². The van der Waals surface area contributed by atoms with E-state index < -0.39 is 29.1 Å². The van der Waals surface area contributed by atoms with Crippen LogP contribution in [0.15, 0.2) is 41.0 Å². The number of carbonyl (C=O) groups is 2. The summed E-state index contributed by atoms with van der Waals surface area (Å²) in [4.78, 5) is 29.4. The molecule has 2 heterocycles. The Morgan fingerprint density at radius 2 is 1.58 bits per heavy atom. The lowest BCUT2D eigenvalue weighted by molar-refractivity contribution is 0.0972. The molecule has 3 aromatic rings. The van der Waals surface area contributed by atoms with Crippen molar-refractivity contribution >= 4 is 27.5 Å². The van der Waals surface area contributed by atoms with Crippen LogP contribution in [0.5, 0.6) is 11.8 Å². The summed E-state index contributed by atoms with van der Waals surface area (Å²) in [5.41, 5.74) is -0.00684. The third-order valence-electron chi connectivity index (χ3n) is 4.24. The molecule has 0 spiro atoms. The zero-order valence-corrected chi connectivity index (χ0v) is 14.6. The van der Waals surface area contributed by atoms with Gasteiger partial charge in [0.05, 0.1) is 17.7 Å². The van der Waals surface area contributed by atoms with Crippen LogP contribution in [-0.2, 0) is 6.54 Å². The molecule has 0 amide bonds. The molecule has 2 aromatic heterocycles. The molecule has 0 saturated heterocycles. The molecular formula is C18H10BrFN2O4. The second-order valence-electron chi connectivity index (χ2n) is 5.80. The maximum atomic E-state index is 13.1. The Hall–Kier alpha value is -3.00. The number of halogens is 2. The monoisotopic (exact) mass is 416 g/mol. The molecule has 6 nitrogen and oxygen atoms in total. The minimum atomic E-state index is -0.651. The van der Waals surface area contributed by atoms with Gasteiger partial charge in [-0.2, -0.15) is 0 Å². The van der Waals surface area contributed by atoms with Gasteiger partial charge >= 0.3 is 0 Å². The fraction of sp³-hybridized carbons (Fsp3) is 0.0556. The highest BCUT2D eigenvalue weighted by Crippen LogP contribution is 2.40. The summed E-state index contributed by atoms with van der Waals surface area (Å²) >= 11 is 3.14. The van der Waals surface area contributed by atoms with Gasteiger partial charge in [0.2, 0.25) is 23.3 Å². The van der Waals surface area contributed by atoms with E-state index in [0.29, 0.717) is 10.2 Å².